The molecule has 3 aromatic rings. The summed E-state index contributed by atoms with van der Waals surface area (Å²) in [5.41, 5.74) is 2.78. The van der Waals surface area contributed by atoms with Crippen LogP contribution in [0.4, 0.5) is 0 Å². The Morgan fingerprint density at radius 1 is 1.07 bits per heavy atom. The predicted octanol–water partition coefficient (Wildman–Crippen LogP) is 3.77. The third kappa shape index (κ3) is 6.42. The summed E-state index contributed by atoms with van der Waals surface area (Å²) in [6.45, 7) is 2.60. The minimum Gasteiger partial charge on any atom is -0.486 e. The van der Waals surface area contributed by atoms with Crippen LogP contribution < -0.4 is 4.74 Å². The Balaban J connectivity index is 1.60. The molecule has 0 aliphatic heterocycles. The van der Waals surface area contributed by atoms with Gasteiger partial charge in [0.15, 0.2) is 0 Å². The summed E-state index contributed by atoms with van der Waals surface area (Å²) >= 11 is 1.45. The maximum Gasteiger partial charge on any atom is 0.325 e. The zero-order valence-electron chi connectivity index (χ0n) is 17.0. The number of hydrogen-bond acceptors (Lipinski definition) is 6. The number of carbonyl (C=O) groups excluding carboxylic acids is 2. The largest absolute Gasteiger partial charge is 0.486 e. The molecule has 1 aromatic heterocycles. The van der Waals surface area contributed by atoms with Gasteiger partial charge in [-0.05, 0) is 24.6 Å². The molecule has 30 heavy (non-hydrogen) atoms. The van der Waals surface area contributed by atoms with Crippen molar-refractivity contribution < 1.29 is 19.1 Å². The van der Waals surface area contributed by atoms with Crippen molar-refractivity contribution in [2.45, 2.75) is 26.5 Å². The smallest absolute Gasteiger partial charge is 0.325 e. The lowest BCUT2D eigenvalue weighted by molar-refractivity contribution is -0.147. The van der Waals surface area contributed by atoms with Crippen molar-refractivity contribution in [2.75, 3.05) is 13.7 Å². The highest BCUT2D eigenvalue weighted by atomic mass is 32.1. The van der Waals surface area contributed by atoms with Gasteiger partial charge in [-0.25, -0.2) is 4.98 Å². The summed E-state index contributed by atoms with van der Waals surface area (Å²) in [4.78, 5) is 30.6. The molecule has 0 N–H and O–H groups in total. The van der Waals surface area contributed by atoms with Crippen LogP contribution in [0.1, 0.15) is 21.8 Å². The van der Waals surface area contributed by atoms with Gasteiger partial charge in [0.05, 0.1) is 19.2 Å². The minimum absolute atomic E-state index is 0.0994. The number of methoxy groups -OCH3 is 1. The second-order valence-electron chi connectivity index (χ2n) is 6.82. The van der Waals surface area contributed by atoms with E-state index in [0.29, 0.717) is 18.8 Å². The van der Waals surface area contributed by atoms with E-state index in [9.17, 15) is 9.59 Å². The number of aryl methyl sites for hydroxylation is 1. The van der Waals surface area contributed by atoms with Crippen molar-refractivity contribution in [2.24, 2.45) is 0 Å². The van der Waals surface area contributed by atoms with E-state index >= 15 is 0 Å². The Hall–Kier alpha value is -3.19. The van der Waals surface area contributed by atoms with Crippen LogP contribution in [0, 0.1) is 6.92 Å². The Labute approximate surface area is 180 Å². The lowest BCUT2D eigenvalue weighted by atomic mass is 10.2. The van der Waals surface area contributed by atoms with Gasteiger partial charge in [0, 0.05) is 11.9 Å². The number of ether oxygens (including phenoxy) is 2. The average Bonchev–Trinajstić information content (AvgIpc) is 3.20. The topological polar surface area (TPSA) is 68.7 Å². The Bertz CT molecular complexity index is 970. The Kier molecular flexibility index (Phi) is 7.57. The van der Waals surface area contributed by atoms with E-state index in [4.69, 9.17) is 9.47 Å². The molecule has 0 atom stereocenters. The quantitative estimate of drug-likeness (QED) is 0.489. The van der Waals surface area contributed by atoms with Crippen molar-refractivity contribution in [1.29, 1.82) is 0 Å². The predicted molar refractivity (Wildman–Crippen MR) is 115 cm³/mol. The molecule has 0 spiro atoms. The monoisotopic (exact) mass is 424 g/mol. The summed E-state index contributed by atoms with van der Waals surface area (Å²) < 4.78 is 10.5. The van der Waals surface area contributed by atoms with Gasteiger partial charge in [0.2, 0.25) is 5.91 Å². The first-order valence-electron chi connectivity index (χ1n) is 9.55. The fraction of sp³-hybridized carbons (Fsp3) is 0.261. The number of rotatable bonds is 9. The van der Waals surface area contributed by atoms with Crippen LogP contribution in [0.15, 0.2) is 60.0 Å². The van der Waals surface area contributed by atoms with Crippen LogP contribution in [0.3, 0.4) is 0 Å². The minimum atomic E-state index is -0.454. The average molecular weight is 425 g/mol. The van der Waals surface area contributed by atoms with Gasteiger partial charge in [0.1, 0.15) is 23.9 Å². The zero-order chi connectivity index (χ0) is 21.3. The van der Waals surface area contributed by atoms with Gasteiger partial charge in [0.25, 0.3) is 0 Å². The van der Waals surface area contributed by atoms with Crippen molar-refractivity contribution in [3.05, 3.63) is 81.8 Å². The number of aromatic nitrogens is 1. The molecule has 7 heteroatoms. The summed E-state index contributed by atoms with van der Waals surface area (Å²) in [6.07, 6.45) is 0.116. The first-order chi connectivity index (χ1) is 14.5. The van der Waals surface area contributed by atoms with Crippen molar-refractivity contribution in [3.63, 3.8) is 0 Å². The second-order valence-corrected chi connectivity index (χ2v) is 7.77. The molecule has 0 fully saturated rings. The van der Waals surface area contributed by atoms with E-state index in [2.05, 4.69) is 4.98 Å². The number of hydrogen-bond donors (Lipinski definition) is 0. The fourth-order valence-electron chi connectivity index (χ4n) is 2.80. The van der Waals surface area contributed by atoms with Gasteiger partial charge in [-0.1, -0.05) is 48.0 Å². The SMILES string of the molecule is COC(=O)CN(Cc1ccccc1)C(=O)Cc1csc(COc2ccc(C)cc2)n1. The molecule has 0 saturated heterocycles. The number of esters is 1. The van der Waals surface area contributed by atoms with Crippen molar-refractivity contribution >= 4 is 23.2 Å². The lowest BCUT2D eigenvalue weighted by Gasteiger charge is -2.21. The summed E-state index contributed by atoms with van der Waals surface area (Å²) in [6, 6.07) is 17.4. The number of thiazole rings is 1. The van der Waals surface area contributed by atoms with Crippen molar-refractivity contribution in [1.82, 2.24) is 9.88 Å². The third-order valence-electron chi connectivity index (χ3n) is 4.43. The Morgan fingerprint density at radius 3 is 2.50 bits per heavy atom. The summed E-state index contributed by atoms with van der Waals surface area (Å²) in [7, 11) is 1.31. The third-order valence-corrected chi connectivity index (χ3v) is 5.30. The molecule has 0 aliphatic carbocycles. The highest BCUT2D eigenvalue weighted by Gasteiger charge is 2.19. The molecule has 1 heterocycles. The highest BCUT2D eigenvalue weighted by Crippen LogP contribution is 2.17. The molecule has 0 bridgehead atoms. The molecule has 1 amide bonds. The van der Waals surface area contributed by atoms with Gasteiger partial charge in [-0.2, -0.15) is 0 Å². The van der Waals surface area contributed by atoms with Crippen LogP contribution in [0.25, 0.3) is 0 Å². The molecular formula is C23H24N2O4S. The van der Waals surface area contributed by atoms with E-state index < -0.39 is 5.97 Å². The Morgan fingerprint density at radius 2 is 1.80 bits per heavy atom. The number of nitrogens with zero attached hydrogens (tertiary/aromatic N) is 2. The maximum atomic E-state index is 12.8. The van der Waals surface area contributed by atoms with Gasteiger partial charge < -0.3 is 14.4 Å². The first-order valence-corrected chi connectivity index (χ1v) is 10.4. The van der Waals surface area contributed by atoms with Crippen LogP contribution in [-0.4, -0.2) is 35.4 Å². The van der Waals surface area contributed by atoms with Gasteiger partial charge >= 0.3 is 5.97 Å². The molecule has 0 aliphatic rings. The standard InChI is InChI=1S/C23H24N2O4S/c1-17-8-10-20(11-9-17)29-15-21-24-19(16-30-21)12-22(26)25(14-23(27)28-2)13-18-6-4-3-5-7-18/h3-11,16H,12-15H2,1-2H3. The van der Waals surface area contributed by atoms with E-state index in [-0.39, 0.29) is 18.9 Å². The molecule has 156 valence electrons. The molecule has 2 aromatic carbocycles. The first kappa shape index (κ1) is 21.5. The summed E-state index contributed by atoms with van der Waals surface area (Å²) in [5, 5.41) is 2.64. The normalized spacial score (nSPS) is 10.5. The van der Waals surface area contributed by atoms with E-state index in [1.165, 1.54) is 28.9 Å². The number of carbonyl (C=O) groups is 2. The van der Waals surface area contributed by atoms with Gasteiger partial charge in [-0.15, -0.1) is 11.3 Å². The molecule has 0 saturated carbocycles. The molecule has 3 rings (SSSR count). The van der Waals surface area contributed by atoms with E-state index in [1.54, 1.807) is 0 Å². The number of amides is 1. The molecular weight excluding hydrogens is 400 g/mol. The van der Waals surface area contributed by atoms with Crippen LogP contribution >= 0.6 is 11.3 Å². The molecule has 0 radical (unpaired) electrons. The van der Waals surface area contributed by atoms with E-state index in [1.807, 2.05) is 66.9 Å². The number of benzene rings is 2. The zero-order valence-corrected chi connectivity index (χ0v) is 17.9. The lowest BCUT2D eigenvalue weighted by Crippen LogP contribution is -2.36. The van der Waals surface area contributed by atoms with Crippen LogP contribution in [0.5, 0.6) is 5.75 Å². The molecule has 6 nitrogen and oxygen atoms in total. The van der Waals surface area contributed by atoms with Gasteiger partial charge in [-0.3, -0.25) is 9.59 Å². The van der Waals surface area contributed by atoms with Crippen LogP contribution in [-0.2, 0) is 33.9 Å². The molecule has 0 unspecified atom stereocenters. The highest BCUT2D eigenvalue weighted by molar-refractivity contribution is 7.09. The summed E-state index contributed by atoms with van der Waals surface area (Å²) in [5.74, 6) is 0.144. The second kappa shape index (κ2) is 10.5. The fourth-order valence-corrected chi connectivity index (χ4v) is 3.50. The van der Waals surface area contributed by atoms with Crippen molar-refractivity contribution in [3.8, 4) is 5.75 Å². The maximum absolute atomic E-state index is 12.8. The van der Waals surface area contributed by atoms with E-state index in [0.717, 1.165) is 16.3 Å². The van der Waals surface area contributed by atoms with Crippen LogP contribution in [0.2, 0.25) is 0 Å².